The lowest BCUT2D eigenvalue weighted by molar-refractivity contribution is 0.0950. The molecule has 1 amide bonds. The van der Waals surface area contributed by atoms with Crippen LogP contribution < -0.4 is 10.1 Å². The zero-order chi connectivity index (χ0) is 21.7. The van der Waals surface area contributed by atoms with Gasteiger partial charge in [-0.1, -0.05) is 36.4 Å². The van der Waals surface area contributed by atoms with Crippen molar-refractivity contribution in [1.82, 2.24) is 15.1 Å². The summed E-state index contributed by atoms with van der Waals surface area (Å²) in [5.74, 6) is 0.642. The second kappa shape index (κ2) is 13.1. The molecule has 1 N–H and O–H groups in total. The molecule has 168 valence electrons. The Bertz CT molecular complexity index is 777. The molecule has 31 heavy (non-hydrogen) atoms. The summed E-state index contributed by atoms with van der Waals surface area (Å²) in [5, 5.41) is 3.02. The molecule has 2 aromatic carbocycles. The van der Waals surface area contributed by atoms with Gasteiger partial charge in [-0.25, -0.2) is 0 Å². The van der Waals surface area contributed by atoms with Gasteiger partial charge in [0.05, 0.1) is 6.61 Å². The van der Waals surface area contributed by atoms with Crippen LogP contribution in [0.5, 0.6) is 5.75 Å². The Morgan fingerprint density at radius 2 is 1.71 bits per heavy atom. The smallest absolute Gasteiger partial charge is 0.251 e. The summed E-state index contributed by atoms with van der Waals surface area (Å²) in [6.45, 7) is 8.31. The van der Waals surface area contributed by atoms with E-state index in [9.17, 15) is 4.79 Å². The zero-order valence-corrected chi connectivity index (χ0v) is 18.6. The van der Waals surface area contributed by atoms with Gasteiger partial charge in [-0.3, -0.25) is 9.69 Å². The Morgan fingerprint density at radius 3 is 2.48 bits per heavy atom. The predicted octanol–water partition coefficient (Wildman–Crippen LogP) is 3.04. The second-order valence-corrected chi connectivity index (χ2v) is 7.94. The highest BCUT2D eigenvalue weighted by molar-refractivity contribution is 5.94. The molecule has 0 unspecified atom stereocenters. The molecular formula is C25H35N3O3. The SMILES string of the molecule is COCCOc1cccc(C(=O)NCCCCN2CCN(Cc3ccccc3)CC2)c1. The van der Waals surface area contributed by atoms with E-state index in [1.54, 1.807) is 13.2 Å². The number of hydrogen-bond donors (Lipinski definition) is 1. The van der Waals surface area contributed by atoms with Crippen LogP contribution in [0.4, 0.5) is 0 Å². The number of nitrogens with zero attached hydrogens (tertiary/aromatic N) is 2. The van der Waals surface area contributed by atoms with E-state index in [1.807, 2.05) is 18.2 Å². The number of methoxy groups -OCH3 is 1. The Kier molecular flexibility index (Phi) is 9.83. The summed E-state index contributed by atoms with van der Waals surface area (Å²) in [5.41, 5.74) is 2.02. The van der Waals surface area contributed by atoms with E-state index in [4.69, 9.17) is 9.47 Å². The van der Waals surface area contributed by atoms with Crippen LogP contribution in [0.25, 0.3) is 0 Å². The van der Waals surface area contributed by atoms with Gasteiger partial charge in [-0.05, 0) is 43.1 Å². The number of carbonyl (C=O) groups is 1. The molecule has 3 rings (SSSR count). The van der Waals surface area contributed by atoms with Crippen LogP contribution in [-0.2, 0) is 11.3 Å². The quantitative estimate of drug-likeness (QED) is 0.530. The van der Waals surface area contributed by atoms with E-state index in [0.29, 0.717) is 31.1 Å². The van der Waals surface area contributed by atoms with Crippen molar-refractivity contribution in [2.24, 2.45) is 0 Å². The minimum absolute atomic E-state index is 0.0493. The molecule has 0 aromatic heterocycles. The maximum atomic E-state index is 12.4. The van der Waals surface area contributed by atoms with Crippen LogP contribution in [0, 0.1) is 0 Å². The van der Waals surface area contributed by atoms with E-state index in [2.05, 4.69) is 45.4 Å². The number of carbonyl (C=O) groups excluding carboxylic acids is 1. The third kappa shape index (κ3) is 8.32. The maximum Gasteiger partial charge on any atom is 0.251 e. The third-order valence-corrected chi connectivity index (χ3v) is 5.55. The van der Waals surface area contributed by atoms with Gasteiger partial charge in [0.1, 0.15) is 12.4 Å². The molecule has 1 aliphatic rings. The number of unbranched alkanes of at least 4 members (excludes halogenated alkanes) is 1. The number of benzene rings is 2. The number of hydrogen-bond acceptors (Lipinski definition) is 5. The fourth-order valence-corrected chi connectivity index (χ4v) is 3.75. The molecule has 2 aromatic rings. The van der Waals surface area contributed by atoms with Gasteiger partial charge in [0.2, 0.25) is 0 Å². The lowest BCUT2D eigenvalue weighted by atomic mass is 10.2. The van der Waals surface area contributed by atoms with Gasteiger partial charge in [0, 0.05) is 51.9 Å². The van der Waals surface area contributed by atoms with E-state index in [-0.39, 0.29) is 5.91 Å². The van der Waals surface area contributed by atoms with Crippen molar-refractivity contribution < 1.29 is 14.3 Å². The number of nitrogens with one attached hydrogen (secondary N) is 1. The van der Waals surface area contributed by atoms with Gasteiger partial charge >= 0.3 is 0 Å². The van der Waals surface area contributed by atoms with Gasteiger partial charge < -0.3 is 19.7 Å². The lowest BCUT2D eigenvalue weighted by Crippen LogP contribution is -2.46. The monoisotopic (exact) mass is 425 g/mol. The molecule has 0 radical (unpaired) electrons. The van der Waals surface area contributed by atoms with Crippen LogP contribution in [0.15, 0.2) is 54.6 Å². The summed E-state index contributed by atoms with van der Waals surface area (Å²) in [7, 11) is 1.64. The zero-order valence-electron chi connectivity index (χ0n) is 18.6. The fraction of sp³-hybridized carbons (Fsp3) is 0.480. The van der Waals surface area contributed by atoms with Crippen LogP contribution in [0.3, 0.4) is 0 Å². The Balaban J connectivity index is 1.27. The Morgan fingerprint density at radius 1 is 0.935 bits per heavy atom. The first-order valence-electron chi connectivity index (χ1n) is 11.2. The number of rotatable bonds is 12. The van der Waals surface area contributed by atoms with E-state index in [0.717, 1.165) is 52.1 Å². The fourth-order valence-electron chi connectivity index (χ4n) is 3.75. The standard InChI is InChI=1S/C25H35N3O3/c1-30-18-19-31-24-11-7-10-23(20-24)25(29)26-12-5-6-13-27-14-16-28(17-15-27)21-22-8-3-2-4-9-22/h2-4,7-11,20H,5-6,12-19,21H2,1H3,(H,26,29). The average molecular weight is 426 g/mol. The van der Waals surface area contributed by atoms with Crippen LogP contribution in [0.2, 0.25) is 0 Å². The molecule has 1 saturated heterocycles. The van der Waals surface area contributed by atoms with Gasteiger partial charge in [-0.15, -0.1) is 0 Å². The molecular weight excluding hydrogens is 390 g/mol. The molecule has 1 aliphatic heterocycles. The second-order valence-electron chi connectivity index (χ2n) is 7.94. The molecule has 6 heteroatoms. The van der Waals surface area contributed by atoms with Crippen LogP contribution in [-0.4, -0.2) is 75.3 Å². The van der Waals surface area contributed by atoms with Gasteiger partial charge in [0.15, 0.2) is 0 Å². The Labute approximate surface area is 186 Å². The highest BCUT2D eigenvalue weighted by Crippen LogP contribution is 2.13. The average Bonchev–Trinajstić information content (AvgIpc) is 2.81. The van der Waals surface area contributed by atoms with Crippen molar-refractivity contribution in [2.75, 3.05) is 59.6 Å². The predicted molar refractivity (Wildman–Crippen MR) is 124 cm³/mol. The molecule has 0 aliphatic carbocycles. The number of ether oxygens (including phenoxy) is 2. The summed E-state index contributed by atoms with van der Waals surface area (Å²) in [6.07, 6.45) is 2.08. The highest BCUT2D eigenvalue weighted by Gasteiger charge is 2.16. The van der Waals surface area contributed by atoms with Gasteiger partial charge in [-0.2, -0.15) is 0 Å². The summed E-state index contributed by atoms with van der Waals surface area (Å²) >= 11 is 0. The molecule has 0 atom stereocenters. The summed E-state index contributed by atoms with van der Waals surface area (Å²) in [6, 6.07) is 18.0. The minimum Gasteiger partial charge on any atom is -0.491 e. The number of piperazine rings is 1. The van der Waals surface area contributed by atoms with E-state index >= 15 is 0 Å². The van der Waals surface area contributed by atoms with Crippen molar-refractivity contribution in [3.8, 4) is 5.75 Å². The number of amides is 1. The molecule has 1 fully saturated rings. The Hall–Kier alpha value is -2.41. The molecule has 0 saturated carbocycles. The minimum atomic E-state index is -0.0493. The van der Waals surface area contributed by atoms with E-state index < -0.39 is 0 Å². The maximum absolute atomic E-state index is 12.4. The first kappa shape index (κ1) is 23.3. The summed E-state index contributed by atoms with van der Waals surface area (Å²) in [4.78, 5) is 17.4. The molecule has 1 heterocycles. The molecule has 0 spiro atoms. The highest BCUT2D eigenvalue weighted by atomic mass is 16.5. The van der Waals surface area contributed by atoms with E-state index in [1.165, 1.54) is 5.56 Å². The van der Waals surface area contributed by atoms with Crippen molar-refractivity contribution >= 4 is 5.91 Å². The third-order valence-electron chi connectivity index (χ3n) is 5.55. The first-order chi connectivity index (χ1) is 15.2. The topological polar surface area (TPSA) is 54.0 Å². The summed E-state index contributed by atoms with van der Waals surface area (Å²) < 4.78 is 10.6. The van der Waals surface area contributed by atoms with Gasteiger partial charge in [0.25, 0.3) is 5.91 Å². The van der Waals surface area contributed by atoms with Crippen molar-refractivity contribution in [3.05, 3.63) is 65.7 Å². The van der Waals surface area contributed by atoms with Crippen LogP contribution in [0.1, 0.15) is 28.8 Å². The molecule has 6 nitrogen and oxygen atoms in total. The lowest BCUT2D eigenvalue weighted by Gasteiger charge is -2.34. The largest absolute Gasteiger partial charge is 0.491 e. The van der Waals surface area contributed by atoms with Crippen LogP contribution >= 0.6 is 0 Å². The first-order valence-corrected chi connectivity index (χ1v) is 11.2. The van der Waals surface area contributed by atoms with Crippen molar-refractivity contribution in [3.63, 3.8) is 0 Å². The molecule has 0 bridgehead atoms. The van der Waals surface area contributed by atoms with Crippen molar-refractivity contribution in [2.45, 2.75) is 19.4 Å². The normalized spacial score (nSPS) is 15.0. The van der Waals surface area contributed by atoms with Crippen molar-refractivity contribution in [1.29, 1.82) is 0 Å².